The molecule has 2 aromatic heterocycles. The minimum atomic E-state index is -3.18. The Hall–Kier alpha value is -3.28. The molecule has 1 aromatic carbocycles. The average molecular weight is 539 g/mol. The van der Waals surface area contributed by atoms with Gasteiger partial charge in [-0.15, -0.1) is 0 Å². The number of rotatable bonds is 7. The summed E-state index contributed by atoms with van der Waals surface area (Å²) in [7, 11) is -3.18. The van der Waals surface area contributed by atoms with Crippen molar-refractivity contribution in [1.29, 1.82) is 0 Å². The SMILES string of the molecule is Cc1cccc([C@@H](CO)N2CCn3cc(-c4nc(NC5CCN(S(C)(=O)=O)CC5)ncc4C)cc3C2=O)c1. The molecule has 0 aliphatic carbocycles. The van der Waals surface area contributed by atoms with E-state index in [0.29, 0.717) is 50.7 Å². The molecule has 0 spiro atoms. The van der Waals surface area contributed by atoms with Gasteiger partial charge in [-0.3, -0.25) is 4.79 Å². The maximum absolute atomic E-state index is 13.5. The predicted octanol–water partition coefficient (Wildman–Crippen LogP) is 2.59. The van der Waals surface area contributed by atoms with Gasteiger partial charge in [0.15, 0.2) is 0 Å². The molecule has 202 valence electrons. The summed E-state index contributed by atoms with van der Waals surface area (Å²) in [6.45, 7) is 5.85. The van der Waals surface area contributed by atoms with Crippen LogP contribution < -0.4 is 5.32 Å². The Labute approximate surface area is 223 Å². The van der Waals surface area contributed by atoms with Crippen LogP contribution in [0, 0.1) is 13.8 Å². The number of amides is 1. The van der Waals surface area contributed by atoms with Crippen LogP contribution in [0.5, 0.6) is 0 Å². The summed E-state index contributed by atoms with van der Waals surface area (Å²) in [4.78, 5) is 24.5. The number of aliphatic hydroxyl groups is 1. The highest BCUT2D eigenvalue weighted by Gasteiger charge is 2.32. The van der Waals surface area contributed by atoms with E-state index in [4.69, 9.17) is 4.98 Å². The molecule has 4 heterocycles. The highest BCUT2D eigenvalue weighted by molar-refractivity contribution is 7.88. The van der Waals surface area contributed by atoms with Crippen molar-refractivity contribution in [3.05, 3.63) is 65.1 Å². The molecule has 2 aliphatic heterocycles. The Morgan fingerprint density at radius 2 is 1.89 bits per heavy atom. The van der Waals surface area contributed by atoms with Gasteiger partial charge in [0.25, 0.3) is 5.91 Å². The lowest BCUT2D eigenvalue weighted by molar-refractivity contribution is 0.0526. The van der Waals surface area contributed by atoms with E-state index >= 15 is 0 Å². The third kappa shape index (κ3) is 5.31. The van der Waals surface area contributed by atoms with Crippen molar-refractivity contribution < 1.29 is 18.3 Å². The Morgan fingerprint density at radius 3 is 2.58 bits per heavy atom. The molecule has 0 saturated carbocycles. The van der Waals surface area contributed by atoms with E-state index in [9.17, 15) is 18.3 Å². The number of carbonyl (C=O) groups excluding carboxylic acids is 1. The Kier molecular flexibility index (Phi) is 7.26. The molecule has 5 rings (SSSR count). The van der Waals surface area contributed by atoms with Gasteiger partial charge in [-0.2, -0.15) is 0 Å². The number of piperidine rings is 1. The van der Waals surface area contributed by atoms with Gasteiger partial charge in [0.2, 0.25) is 16.0 Å². The number of hydrogen-bond donors (Lipinski definition) is 2. The molecular formula is C27H34N6O4S. The first kappa shape index (κ1) is 26.3. The number of aliphatic hydroxyl groups excluding tert-OH is 1. The number of hydrogen-bond acceptors (Lipinski definition) is 7. The third-order valence-electron chi connectivity index (χ3n) is 7.44. The van der Waals surface area contributed by atoms with Crippen LogP contribution in [-0.2, 0) is 16.6 Å². The van der Waals surface area contributed by atoms with Crippen LogP contribution in [-0.4, -0.2) is 81.7 Å². The van der Waals surface area contributed by atoms with Crippen LogP contribution in [0.1, 0.15) is 46.1 Å². The Bertz CT molecular complexity index is 1450. The van der Waals surface area contributed by atoms with Crippen molar-refractivity contribution in [1.82, 2.24) is 23.7 Å². The molecule has 2 N–H and O–H groups in total. The van der Waals surface area contributed by atoms with E-state index < -0.39 is 16.1 Å². The molecule has 1 fully saturated rings. The zero-order chi connectivity index (χ0) is 27.0. The molecule has 1 atom stereocenters. The summed E-state index contributed by atoms with van der Waals surface area (Å²) < 4.78 is 27.0. The average Bonchev–Trinajstić information content (AvgIpc) is 3.32. The molecule has 0 bridgehead atoms. The first-order valence-electron chi connectivity index (χ1n) is 12.9. The minimum absolute atomic E-state index is 0.0815. The van der Waals surface area contributed by atoms with Crippen LogP contribution in [0.2, 0.25) is 0 Å². The van der Waals surface area contributed by atoms with E-state index in [1.807, 2.05) is 54.9 Å². The Balaban J connectivity index is 1.35. The van der Waals surface area contributed by atoms with Crippen molar-refractivity contribution >= 4 is 21.9 Å². The van der Waals surface area contributed by atoms with Crippen LogP contribution in [0.25, 0.3) is 11.3 Å². The maximum atomic E-state index is 13.5. The highest BCUT2D eigenvalue weighted by Crippen LogP contribution is 2.31. The summed E-state index contributed by atoms with van der Waals surface area (Å²) in [5.41, 5.74) is 5.04. The van der Waals surface area contributed by atoms with Crippen molar-refractivity contribution in [2.75, 3.05) is 37.8 Å². The first-order chi connectivity index (χ1) is 18.1. The molecule has 10 nitrogen and oxygen atoms in total. The monoisotopic (exact) mass is 538 g/mol. The second-order valence-electron chi connectivity index (χ2n) is 10.2. The van der Waals surface area contributed by atoms with Gasteiger partial charge in [-0.1, -0.05) is 29.8 Å². The number of aryl methyl sites for hydroxylation is 2. The number of benzene rings is 1. The zero-order valence-corrected chi connectivity index (χ0v) is 22.8. The van der Waals surface area contributed by atoms with Crippen LogP contribution in [0.4, 0.5) is 5.95 Å². The number of carbonyl (C=O) groups is 1. The summed E-state index contributed by atoms with van der Waals surface area (Å²) in [6.07, 6.45) is 6.31. The van der Waals surface area contributed by atoms with Gasteiger partial charge in [-0.25, -0.2) is 22.7 Å². The van der Waals surface area contributed by atoms with E-state index in [2.05, 4.69) is 10.3 Å². The molecule has 38 heavy (non-hydrogen) atoms. The zero-order valence-electron chi connectivity index (χ0n) is 22.0. The van der Waals surface area contributed by atoms with Crippen molar-refractivity contribution in [3.63, 3.8) is 0 Å². The molecule has 0 unspecified atom stereocenters. The van der Waals surface area contributed by atoms with Gasteiger partial charge >= 0.3 is 0 Å². The number of aromatic nitrogens is 3. The van der Waals surface area contributed by atoms with Crippen molar-refractivity contribution in [2.45, 2.75) is 45.3 Å². The normalized spacial score (nSPS) is 17.9. The number of nitrogens with zero attached hydrogens (tertiary/aromatic N) is 5. The largest absolute Gasteiger partial charge is 0.394 e. The number of sulfonamides is 1. The highest BCUT2D eigenvalue weighted by atomic mass is 32.2. The van der Waals surface area contributed by atoms with Gasteiger partial charge < -0.3 is 19.9 Å². The van der Waals surface area contributed by atoms with Crippen LogP contribution in [0.3, 0.4) is 0 Å². The van der Waals surface area contributed by atoms with Gasteiger partial charge in [0.05, 0.1) is 24.6 Å². The summed E-state index contributed by atoms with van der Waals surface area (Å²) in [5, 5.41) is 13.5. The second kappa shape index (κ2) is 10.5. The van der Waals surface area contributed by atoms with Crippen LogP contribution >= 0.6 is 0 Å². The minimum Gasteiger partial charge on any atom is -0.394 e. The molecule has 3 aromatic rings. The quantitative estimate of drug-likeness (QED) is 0.474. The van der Waals surface area contributed by atoms with E-state index in [1.54, 1.807) is 11.1 Å². The predicted molar refractivity (Wildman–Crippen MR) is 145 cm³/mol. The molecule has 1 saturated heterocycles. The number of nitrogens with one attached hydrogen (secondary N) is 1. The molecule has 2 aliphatic rings. The van der Waals surface area contributed by atoms with E-state index in [1.165, 1.54) is 10.6 Å². The van der Waals surface area contributed by atoms with Gasteiger partial charge in [0.1, 0.15) is 5.69 Å². The summed E-state index contributed by atoms with van der Waals surface area (Å²) in [6, 6.07) is 9.45. The lowest BCUT2D eigenvalue weighted by Crippen LogP contribution is -2.43. The third-order valence-corrected chi connectivity index (χ3v) is 8.74. The van der Waals surface area contributed by atoms with Crippen molar-refractivity contribution in [2.24, 2.45) is 0 Å². The molecular weight excluding hydrogens is 504 g/mol. The van der Waals surface area contributed by atoms with Crippen LogP contribution in [0.15, 0.2) is 42.7 Å². The smallest absolute Gasteiger partial charge is 0.271 e. The molecule has 11 heteroatoms. The Morgan fingerprint density at radius 1 is 1.13 bits per heavy atom. The fraction of sp³-hybridized carbons (Fsp3) is 0.444. The summed E-state index contributed by atoms with van der Waals surface area (Å²) in [5.74, 6) is 0.367. The lowest BCUT2D eigenvalue weighted by atomic mass is 10.0. The fourth-order valence-electron chi connectivity index (χ4n) is 5.34. The standard InChI is InChI=1S/C27H34N6O4S/c1-18-5-4-6-20(13-18)24(17-34)33-12-11-31-16-21(14-23(31)26(33)35)25-19(2)15-28-27(30-25)29-22-7-9-32(10-8-22)38(3,36)37/h4-6,13-16,22,24,34H,7-12,17H2,1-3H3,(H,28,29,30)/t24-/m1/s1. The van der Waals surface area contributed by atoms with E-state index in [-0.39, 0.29) is 18.6 Å². The van der Waals surface area contributed by atoms with Gasteiger partial charge in [-0.05, 0) is 43.9 Å². The van der Waals surface area contributed by atoms with Crippen molar-refractivity contribution in [3.8, 4) is 11.3 Å². The topological polar surface area (TPSA) is 121 Å². The molecule has 1 amide bonds. The number of anilines is 1. The second-order valence-corrected chi connectivity index (χ2v) is 12.2. The number of fused-ring (bicyclic) bond motifs is 1. The first-order valence-corrected chi connectivity index (χ1v) is 14.7. The fourth-order valence-corrected chi connectivity index (χ4v) is 6.22. The van der Waals surface area contributed by atoms with Gasteiger partial charge in [0, 0.05) is 50.2 Å². The summed E-state index contributed by atoms with van der Waals surface area (Å²) >= 11 is 0. The molecule has 0 radical (unpaired) electrons. The van der Waals surface area contributed by atoms with E-state index in [0.717, 1.165) is 27.9 Å². The lowest BCUT2D eigenvalue weighted by Gasteiger charge is -2.34. The maximum Gasteiger partial charge on any atom is 0.271 e.